The summed E-state index contributed by atoms with van der Waals surface area (Å²) < 4.78 is 10.7. The highest BCUT2D eigenvalue weighted by Crippen LogP contribution is 2.39. The van der Waals surface area contributed by atoms with Gasteiger partial charge in [0, 0.05) is 19.4 Å². The van der Waals surface area contributed by atoms with Crippen LogP contribution >= 0.6 is 0 Å². The van der Waals surface area contributed by atoms with Crippen molar-refractivity contribution in [3.63, 3.8) is 0 Å². The van der Waals surface area contributed by atoms with Gasteiger partial charge >= 0.3 is 12.1 Å². The second-order valence-electron chi connectivity index (χ2n) is 5.87. The van der Waals surface area contributed by atoms with Crippen LogP contribution in [0, 0.1) is 0 Å². The minimum atomic E-state index is -1.15. The highest BCUT2D eigenvalue weighted by molar-refractivity contribution is 5.85. The Labute approximate surface area is 106 Å². The summed E-state index contributed by atoms with van der Waals surface area (Å²) in [4.78, 5) is 24.9. The lowest BCUT2D eigenvalue weighted by molar-refractivity contribution is -0.152. The van der Waals surface area contributed by atoms with Crippen molar-refractivity contribution in [3.05, 3.63) is 0 Å². The van der Waals surface area contributed by atoms with E-state index in [0.29, 0.717) is 26.0 Å². The first-order valence-corrected chi connectivity index (χ1v) is 6.10. The van der Waals surface area contributed by atoms with Gasteiger partial charge in [-0.05, 0) is 20.8 Å². The van der Waals surface area contributed by atoms with Gasteiger partial charge in [-0.25, -0.2) is 9.59 Å². The molecular weight excluding hydrogens is 238 g/mol. The summed E-state index contributed by atoms with van der Waals surface area (Å²) in [6, 6.07) is 0. The standard InChI is InChI=1S/C12H19NO5/c1-11(2,3)18-10(16)13-7-8-6-12(13,9(14)15)4-5-17-8/h8H,4-7H2,1-3H3,(H,14,15). The lowest BCUT2D eigenvalue weighted by Crippen LogP contribution is -2.54. The van der Waals surface area contributed by atoms with Crippen LogP contribution in [0.1, 0.15) is 33.6 Å². The van der Waals surface area contributed by atoms with Gasteiger partial charge < -0.3 is 14.6 Å². The van der Waals surface area contributed by atoms with Crippen LogP contribution in [0.4, 0.5) is 4.79 Å². The van der Waals surface area contributed by atoms with Crippen molar-refractivity contribution in [1.82, 2.24) is 4.90 Å². The second-order valence-corrected chi connectivity index (χ2v) is 5.87. The average molecular weight is 257 g/mol. The molecule has 1 amide bonds. The maximum absolute atomic E-state index is 12.1. The zero-order chi connectivity index (χ0) is 13.6. The number of carboxylic acids is 1. The maximum atomic E-state index is 12.1. The molecule has 6 nitrogen and oxygen atoms in total. The van der Waals surface area contributed by atoms with E-state index in [1.54, 1.807) is 20.8 Å². The number of carbonyl (C=O) groups is 2. The first-order valence-electron chi connectivity index (χ1n) is 6.10. The Morgan fingerprint density at radius 1 is 1.44 bits per heavy atom. The molecule has 2 fully saturated rings. The molecule has 102 valence electrons. The van der Waals surface area contributed by atoms with Crippen LogP contribution in [-0.2, 0) is 14.3 Å². The van der Waals surface area contributed by atoms with Gasteiger partial charge in [-0.2, -0.15) is 0 Å². The smallest absolute Gasteiger partial charge is 0.411 e. The van der Waals surface area contributed by atoms with Gasteiger partial charge in [-0.3, -0.25) is 4.90 Å². The van der Waals surface area contributed by atoms with Crippen molar-refractivity contribution >= 4 is 12.1 Å². The van der Waals surface area contributed by atoms with Crippen LogP contribution in [0.25, 0.3) is 0 Å². The van der Waals surface area contributed by atoms with E-state index >= 15 is 0 Å². The molecule has 0 aromatic carbocycles. The number of aliphatic carboxylic acids is 1. The number of carboxylic acid groups (broad SMARTS) is 1. The van der Waals surface area contributed by atoms with Crippen molar-refractivity contribution in [2.45, 2.75) is 50.9 Å². The fraction of sp³-hybridized carbons (Fsp3) is 0.833. The van der Waals surface area contributed by atoms with Crippen molar-refractivity contribution in [2.24, 2.45) is 0 Å². The van der Waals surface area contributed by atoms with E-state index in [9.17, 15) is 14.7 Å². The number of amides is 1. The molecule has 2 rings (SSSR count). The molecule has 0 radical (unpaired) electrons. The van der Waals surface area contributed by atoms with Gasteiger partial charge in [0.15, 0.2) is 0 Å². The van der Waals surface area contributed by atoms with Crippen molar-refractivity contribution < 1.29 is 24.2 Å². The van der Waals surface area contributed by atoms with E-state index in [4.69, 9.17) is 9.47 Å². The molecule has 6 heteroatoms. The highest BCUT2D eigenvalue weighted by Gasteiger charge is 2.57. The molecule has 0 saturated carbocycles. The molecule has 2 unspecified atom stereocenters. The summed E-state index contributed by atoms with van der Waals surface area (Å²) in [6.07, 6.45) is -0.0973. The van der Waals surface area contributed by atoms with Gasteiger partial charge in [-0.15, -0.1) is 0 Å². The Bertz CT molecular complexity index is 375. The number of hydrogen-bond donors (Lipinski definition) is 1. The zero-order valence-electron chi connectivity index (χ0n) is 10.9. The molecule has 0 aliphatic carbocycles. The highest BCUT2D eigenvalue weighted by atomic mass is 16.6. The topological polar surface area (TPSA) is 76.1 Å². The summed E-state index contributed by atoms with van der Waals surface area (Å²) in [5, 5.41) is 9.43. The fourth-order valence-electron chi connectivity index (χ4n) is 2.55. The molecule has 0 spiro atoms. The van der Waals surface area contributed by atoms with Crippen LogP contribution in [0.2, 0.25) is 0 Å². The minimum Gasteiger partial charge on any atom is -0.479 e. The fourth-order valence-corrected chi connectivity index (χ4v) is 2.55. The number of nitrogens with zero attached hydrogens (tertiary/aromatic N) is 1. The third kappa shape index (κ3) is 2.16. The molecule has 2 bridgehead atoms. The Balaban J connectivity index is 2.21. The normalized spacial score (nSPS) is 31.3. The lowest BCUT2D eigenvalue weighted by atomic mass is 9.90. The molecule has 1 N–H and O–H groups in total. The monoisotopic (exact) mass is 257 g/mol. The molecule has 18 heavy (non-hydrogen) atoms. The first-order chi connectivity index (χ1) is 8.24. The lowest BCUT2D eigenvalue weighted by Gasteiger charge is -2.35. The van der Waals surface area contributed by atoms with E-state index < -0.39 is 23.2 Å². The maximum Gasteiger partial charge on any atom is 0.411 e. The summed E-state index contributed by atoms with van der Waals surface area (Å²) in [5.74, 6) is -0.973. The van der Waals surface area contributed by atoms with Gasteiger partial charge in [0.2, 0.25) is 0 Å². The van der Waals surface area contributed by atoms with E-state index in [-0.39, 0.29) is 6.10 Å². The number of likely N-dealkylation sites (tertiary alicyclic amines) is 1. The predicted molar refractivity (Wildman–Crippen MR) is 62.3 cm³/mol. The van der Waals surface area contributed by atoms with Crippen molar-refractivity contribution in [1.29, 1.82) is 0 Å². The van der Waals surface area contributed by atoms with Gasteiger partial charge in [-0.1, -0.05) is 0 Å². The minimum absolute atomic E-state index is 0.192. The molecular formula is C12H19NO5. The van der Waals surface area contributed by atoms with Gasteiger partial charge in [0.05, 0.1) is 12.6 Å². The summed E-state index contributed by atoms with van der Waals surface area (Å²) in [7, 11) is 0. The van der Waals surface area contributed by atoms with Crippen LogP contribution in [0.15, 0.2) is 0 Å². The van der Waals surface area contributed by atoms with E-state index in [1.807, 2.05) is 0 Å². The Morgan fingerprint density at radius 2 is 2.11 bits per heavy atom. The number of ether oxygens (including phenoxy) is 2. The number of carbonyl (C=O) groups excluding carboxylic acids is 1. The largest absolute Gasteiger partial charge is 0.479 e. The van der Waals surface area contributed by atoms with E-state index in [0.717, 1.165) is 0 Å². The second kappa shape index (κ2) is 4.12. The molecule has 2 heterocycles. The quantitative estimate of drug-likeness (QED) is 0.764. The van der Waals surface area contributed by atoms with Crippen molar-refractivity contribution in [2.75, 3.05) is 13.2 Å². The number of fused-ring (bicyclic) bond motifs is 2. The van der Waals surface area contributed by atoms with Crippen LogP contribution in [-0.4, -0.2) is 52.5 Å². The van der Waals surface area contributed by atoms with Gasteiger partial charge in [0.25, 0.3) is 0 Å². The molecule has 0 aromatic rings. The van der Waals surface area contributed by atoms with Gasteiger partial charge in [0.1, 0.15) is 11.1 Å². The third-order valence-corrected chi connectivity index (χ3v) is 3.35. The number of hydrogen-bond acceptors (Lipinski definition) is 4. The predicted octanol–water partition coefficient (Wildman–Crippen LogP) is 1.24. The summed E-state index contributed by atoms with van der Waals surface area (Å²) in [5.41, 5.74) is -1.78. The molecule has 2 saturated heterocycles. The summed E-state index contributed by atoms with van der Waals surface area (Å²) >= 11 is 0. The first kappa shape index (κ1) is 13.1. The van der Waals surface area contributed by atoms with E-state index in [1.165, 1.54) is 4.90 Å². The Hall–Kier alpha value is -1.30. The SMILES string of the molecule is CC(C)(C)OC(=O)N1CC2CC1(C(=O)O)CCO2. The molecule has 0 aromatic heterocycles. The molecule has 2 aliphatic heterocycles. The average Bonchev–Trinajstić information content (AvgIpc) is 2.49. The van der Waals surface area contributed by atoms with Crippen LogP contribution in [0.5, 0.6) is 0 Å². The third-order valence-electron chi connectivity index (χ3n) is 3.35. The molecule has 2 atom stereocenters. The van der Waals surface area contributed by atoms with Crippen LogP contribution in [0.3, 0.4) is 0 Å². The molecule has 2 aliphatic rings. The van der Waals surface area contributed by atoms with Crippen molar-refractivity contribution in [3.8, 4) is 0 Å². The summed E-state index contributed by atoms with van der Waals surface area (Å²) in [6.45, 7) is 5.95. The van der Waals surface area contributed by atoms with Crippen LogP contribution < -0.4 is 0 Å². The zero-order valence-corrected chi connectivity index (χ0v) is 10.9. The Kier molecular flexibility index (Phi) is 3.01. The Morgan fingerprint density at radius 3 is 2.67 bits per heavy atom. The number of rotatable bonds is 1. The van der Waals surface area contributed by atoms with E-state index in [2.05, 4.69) is 0 Å².